The average Bonchev–Trinajstić information content (AvgIpc) is 2.20. The molecule has 0 radical (unpaired) electrons. The van der Waals surface area contributed by atoms with Crippen molar-refractivity contribution in [2.45, 2.75) is 19.9 Å². The van der Waals surface area contributed by atoms with Gasteiger partial charge in [-0.05, 0) is 31.5 Å². The molecule has 0 fully saturated rings. The van der Waals surface area contributed by atoms with E-state index in [2.05, 4.69) is 10.5 Å². The highest BCUT2D eigenvalue weighted by molar-refractivity contribution is 5.80. The van der Waals surface area contributed by atoms with Crippen LogP contribution in [-0.2, 0) is 0 Å². The molecule has 1 rings (SSSR count). The van der Waals surface area contributed by atoms with Crippen molar-refractivity contribution in [2.75, 3.05) is 7.11 Å². The fourth-order valence-electron chi connectivity index (χ4n) is 1.02. The van der Waals surface area contributed by atoms with Gasteiger partial charge in [-0.1, -0.05) is 6.07 Å². The molecule has 0 aliphatic rings. The summed E-state index contributed by atoms with van der Waals surface area (Å²) >= 11 is 0. The van der Waals surface area contributed by atoms with Crippen molar-refractivity contribution in [1.29, 1.82) is 0 Å². The molecule has 0 unspecified atom stereocenters. The van der Waals surface area contributed by atoms with Crippen LogP contribution >= 0.6 is 0 Å². The van der Waals surface area contributed by atoms with E-state index in [-0.39, 0.29) is 17.6 Å². The summed E-state index contributed by atoms with van der Waals surface area (Å²) in [6.45, 7) is 3.98. The molecule has 0 atom stereocenters. The zero-order valence-corrected chi connectivity index (χ0v) is 9.12. The summed E-state index contributed by atoms with van der Waals surface area (Å²) < 4.78 is 17.9. The van der Waals surface area contributed by atoms with E-state index < -0.39 is 0 Å². The molecule has 0 bridgehead atoms. The maximum absolute atomic E-state index is 13.0. The second kappa shape index (κ2) is 5.34. The Morgan fingerprint density at radius 1 is 1.47 bits per heavy atom. The summed E-state index contributed by atoms with van der Waals surface area (Å²) in [5.41, 5.74) is 3.67. The first-order chi connectivity index (χ1) is 7.13. The van der Waals surface area contributed by atoms with Crippen LogP contribution < -0.4 is 10.2 Å². The summed E-state index contributed by atoms with van der Waals surface area (Å²) in [4.78, 5) is 0. The number of methoxy groups -OCH3 is 1. The Hall–Kier alpha value is -1.58. The minimum absolute atomic E-state index is 0.225. The van der Waals surface area contributed by atoms with E-state index in [1.165, 1.54) is 13.2 Å². The Labute approximate surface area is 89.0 Å². The first kappa shape index (κ1) is 11.5. The molecule has 0 saturated heterocycles. The highest BCUT2D eigenvalue weighted by atomic mass is 19.1. The van der Waals surface area contributed by atoms with Crippen molar-refractivity contribution in [2.24, 2.45) is 5.10 Å². The second-order valence-corrected chi connectivity index (χ2v) is 3.44. The summed E-state index contributed by atoms with van der Waals surface area (Å²) in [7, 11) is 1.44. The molecule has 4 heteroatoms. The van der Waals surface area contributed by atoms with E-state index in [1.54, 1.807) is 18.3 Å². The van der Waals surface area contributed by atoms with E-state index in [9.17, 15) is 4.39 Å². The van der Waals surface area contributed by atoms with Gasteiger partial charge in [0, 0.05) is 6.04 Å². The van der Waals surface area contributed by atoms with Gasteiger partial charge >= 0.3 is 0 Å². The molecule has 15 heavy (non-hydrogen) atoms. The summed E-state index contributed by atoms with van der Waals surface area (Å²) in [5.74, 6) is -0.144. The van der Waals surface area contributed by atoms with Gasteiger partial charge in [-0.2, -0.15) is 5.10 Å². The van der Waals surface area contributed by atoms with Gasteiger partial charge in [0.05, 0.1) is 13.3 Å². The molecule has 1 aromatic carbocycles. The number of halogens is 1. The maximum Gasteiger partial charge on any atom is 0.165 e. The fraction of sp³-hybridized carbons (Fsp3) is 0.364. The van der Waals surface area contributed by atoms with Crippen LogP contribution in [0.15, 0.2) is 23.3 Å². The molecule has 0 heterocycles. The van der Waals surface area contributed by atoms with Gasteiger partial charge in [-0.15, -0.1) is 0 Å². The van der Waals surface area contributed by atoms with Crippen molar-refractivity contribution in [3.63, 3.8) is 0 Å². The molecule has 82 valence electrons. The van der Waals surface area contributed by atoms with Gasteiger partial charge in [0.15, 0.2) is 11.6 Å². The number of ether oxygens (including phenoxy) is 1. The molecule has 0 aliphatic carbocycles. The molecule has 0 amide bonds. The lowest BCUT2D eigenvalue weighted by Crippen LogP contribution is -2.15. The SMILES string of the molecule is COc1cc(/C=N/NC(C)C)ccc1F. The molecule has 3 nitrogen and oxygen atoms in total. The summed E-state index contributed by atoms with van der Waals surface area (Å²) in [6, 6.07) is 4.88. The van der Waals surface area contributed by atoms with Crippen LogP contribution in [0.2, 0.25) is 0 Å². The van der Waals surface area contributed by atoms with Gasteiger partial charge in [0.25, 0.3) is 0 Å². The fourth-order valence-corrected chi connectivity index (χ4v) is 1.02. The lowest BCUT2D eigenvalue weighted by Gasteiger charge is -2.03. The van der Waals surface area contributed by atoms with E-state index in [1.807, 2.05) is 13.8 Å². The number of hydrogen-bond acceptors (Lipinski definition) is 3. The Kier molecular flexibility index (Phi) is 4.09. The highest BCUT2D eigenvalue weighted by Crippen LogP contribution is 2.16. The van der Waals surface area contributed by atoms with Crippen LogP contribution in [0.1, 0.15) is 19.4 Å². The molecule has 0 saturated carbocycles. The zero-order valence-electron chi connectivity index (χ0n) is 9.12. The largest absolute Gasteiger partial charge is 0.494 e. The lowest BCUT2D eigenvalue weighted by atomic mass is 10.2. The number of hydrazone groups is 1. The predicted molar refractivity (Wildman–Crippen MR) is 58.8 cm³/mol. The van der Waals surface area contributed by atoms with E-state index in [0.717, 1.165) is 5.56 Å². The van der Waals surface area contributed by atoms with Crippen LogP contribution in [0, 0.1) is 5.82 Å². The van der Waals surface area contributed by atoms with Gasteiger partial charge in [-0.25, -0.2) is 4.39 Å². The topological polar surface area (TPSA) is 33.6 Å². The lowest BCUT2D eigenvalue weighted by molar-refractivity contribution is 0.386. The van der Waals surface area contributed by atoms with Crippen molar-refractivity contribution in [1.82, 2.24) is 5.43 Å². The standard InChI is InChI=1S/C11H15FN2O/c1-8(2)14-13-7-9-4-5-10(12)11(6-9)15-3/h4-8,14H,1-3H3/b13-7+. The molecular weight excluding hydrogens is 195 g/mol. The van der Waals surface area contributed by atoms with E-state index in [4.69, 9.17) is 4.74 Å². The van der Waals surface area contributed by atoms with Gasteiger partial charge in [-0.3, -0.25) is 0 Å². The van der Waals surface area contributed by atoms with Crippen molar-refractivity contribution >= 4 is 6.21 Å². The predicted octanol–water partition coefficient (Wildman–Crippen LogP) is 2.17. The third-order valence-corrected chi connectivity index (χ3v) is 1.72. The van der Waals surface area contributed by atoms with Crippen molar-refractivity contribution in [3.8, 4) is 5.75 Å². The van der Waals surface area contributed by atoms with Gasteiger partial charge in [0.2, 0.25) is 0 Å². The number of benzene rings is 1. The smallest absolute Gasteiger partial charge is 0.165 e. The Balaban J connectivity index is 2.74. The zero-order chi connectivity index (χ0) is 11.3. The van der Waals surface area contributed by atoms with Crippen LogP contribution in [0.25, 0.3) is 0 Å². The first-order valence-corrected chi connectivity index (χ1v) is 4.75. The van der Waals surface area contributed by atoms with Gasteiger partial charge in [0.1, 0.15) is 0 Å². The minimum atomic E-state index is -0.369. The molecule has 1 aromatic rings. The van der Waals surface area contributed by atoms with Crippen molar-refractivity contribution < 1.29 is 9.13 Å². The quantitative estimate of drug-likeness (QED) is 0.610. The Bertz CT molecular complexity index is 350. The van der Waals surface area contributed by atoms with Gasteiger partial charge < -0.3 is 10.2 Å². The normalized spacial score (nSPS) is 11.0. The summed E-state index contributed by atoms with van der Waals surface area (Å²) in [5, 5.41) is 3.99. The number of nitrogens with one attached hydrogen (secondary N) is 1. The number of nitrogens with zero attached hydrogens (tertiary/aromatic N) is 1. The average molecular weight is 210 g/mol. The number of hydrogen-bond donors (Lipinski definition) is 1. The van der Waals surface area contributed by atoms with Crippen LogP contribution in [0.4, 0.5) is 4.39 Å². The highest BCUT2D eigenvalue weighted by Gasteiger charge is 2.01. The second-order valence-electron chi connectivity index (χ2n) is 3.44. The number of rotatable bonds is 4. The first-order valence-electron chi connectivity index (χ1n) is 4.75. The Morgan fingerprint density at radius 3 is 2.80 bits per heavy atom. The molecule has 0 aromatic heterocycles. The van der Waals surface area contributed by atoms with Crippen LogP contribution in [-0.4, -0.2) is 19.4 Å². The van der Waals surface area contributed by atoms with Crippen LogP contribution in [0.5, 0.6) is 5.75 Å². The van der Waals surface area contributed by atoms with E-state index in [0.29, 0.717) is 0 Å². The van der Waals surface area contributed by atoms with Crippen molar-refractivity contribution in [3.05, 3.63) is 29.6 Å². The third-order valence-electron chi connectivity index (χ3n) is 1.72. The summed E-state index contributed by atoms with van der Waals surface area (Å²) in [6.07, 6.45) is 1.63. The Morgan fingerprint density at radius 2 is 2.20 bits per heavy atom. The molecule has 0 aliphatic heterocycles. The minimum Gasteiger partial charge on any atom is -0.494 e. The third kappa shape index (κ3) is 3.58. The maximum atomic E-state index is 13.0. The molecule has 0 spiro atoms. The van der Waals surface area contributed by atoms with E-state index >= 15 is 0 Å². The van der Waals surface area contributed by atoms with Crippen LogP contribution in [0.3, 0.4) is 0 Å². The molecular formula is C11H15FN2O. The monoisotopic (exact) mass is 210 g/mol. The molecule has 1 N–H and O–H groups in total.